The Morgan fingerprint density at radius 1 is 1.12 bits per heavy atom. The van der Waals surface area contributed by atoms with Crippen molar-refractivity contribution in [3.8, 4) is 0 Å². The van der Waals surface area contributed by atoms with Gasteiger partial charge in [0.15, 0.2) is 0 Å². The molecule has 0 fully saturated rings. The lowest BCUT2D eigenvalue weighted by molar-refractivity contribution is 0.116. The SMILES string of the molecule is [2H]C(COC(N)=O)(COC(N)=O)c1ccccc1. The molecule has 4 N–H and O–H groups in total. The lowest BCUT2D eigenvalue weighted by atomic mass is 10.0. The van der Waals surface area contributed by atoms with Crippen LogP contribution in [0.25, 0.3) is 0 Å². The zero-order chi connectivity index (χ0) is 13.6. The van der Waals surface area contributed by atoms with Gasteiger partial charge in [0, 0.05) is 1.37 Å². The van der Waals surface area contributed by atoms with E-state index in [1.807, 2.05) is 0 Å². The first-order valence-corrected chi connectivity index (χ1v) is 4.84. The van der Waals surface area contributed by atoms with Crippen LogP contribution in [0.5, 0.6) is 0 Å². The molecule has 0 radical (unpaired) electrons. The summed E-state index contributed by atoms with van der Waals surface area (Å²) in [5.41, 5.74) is 10.2. The van der Waals surface area contributed by atoms with Crippen molar-refractivity contribution in [3.05, 3.63) is 35.9 Å². The molecule has 0 aliphatic carbocycles. The van der Waals surface area contributed by atoms with Gasteiger partial charge < -0.3 is 20.9 Å². The summed E-state index contributed by atoms with van der Waals surface area (Å²) < 4.78 is 17.4. The summed E-state index contributed by atoms with van der Waals surface area (Å²) in [7, 11) is 0. The molecular weight excluding hydrogens is 224 g/mol. The normalized spacial score (nSPS) is 11.4. The summed E-state index contributed by atoms with van der Waals surface area (Å²) in [4.78, 5) is 21.2. The molecule has 1 aromatic rings. The highest BCUT2D eigenvalue weighted by molar-refractivity contribution is 5.65. The molecule has 0 saturated heterocycles. The molecule has 0 aromatic heterocycles. The van der Waals surface area contributed by atoms with Gasteiger partial charge in [-0.3, -0.25) is 0 Å². The number of amides is 2. The number of ether oxygens (including phenoxy) is 2. The third-order valence-electron chi connectivity index (χ3n) is 1.96. The molecule has 0 unspecified atom stereocenters. The summed E-state index contributed by atoms with van der Waals surface area (Å²) >= 11 is 0. The van der Waals surface area contributed by atoms with E-state index in [9.17, 15) is 9.59 Å². The van der Waals surface area contributed by atoms with Crippen LogP contribution in [0, 0.1) is 0 Å². The molecule has 92 valence electrons. The van der Waals surface area contributed by atoms with Crippen molar-refractivity contribution in [2.45, 2.75) is 5.89 Å². The van der Waals surface area contributed by atoms with Crippen molar-refractivity contribution < 1.29 is 20.4 Å². The first kappa shape index (κ1) is 11.3. The van der Waals surface area contributed by atoms with E-state index in [2.05, 4.69) is 9.47 Å². The summed E-state index contributed by atoms with van der Waals surface area (Å²) in [6, 6.07) is 8.51. The highest BCUT2D eigenvalue weighted by Crippen LogP contribution is 2.16. The quantitative estimate of drug-likeness (QED) is 0.798. The van der Waals surface area contributed by atoms with Crippen LogP contribution in [-0.4, -0.2) is 25.4 Å². The van der Waals surface area contributed by atoms with Crippen LogP contribution in [0.15, 0.2) is 30.3 Å². The minimum Gasteiger partial charge on any atom is -0.449 e. The maximum atomic E-state index is 10.6. The number of nitrogens with two attached hydrogens (primary N) is 2. The van der Waals surface area contributed by atoms with Crippen molar-refractivity contribution in [3.63, 3.8) is 0 Å². The molecular formula is C11H14N2O4. The molecule has 0 saturated carbocycles. The van der Waals surface area contributed by atoms with Gasteiger partial charge in [-0.25, -0.2) is 9.59 Å². The van der Waals surface area contributed by atoms with Crippen molar-refractivity contribution in [1.82, 2.24) is 0 Å². The monoisotopic (exact) mass is 239 g/mol. The Hall–Kier alpha value is -2.24. The summed E-state index contributed by atoms with van der Waals surface area (Å²) in [6.07, 6.45) is -2.00. The van der Waals surface area contributed by atoms with Crippen LogP contribution in [0.1, 0.15) is 12.8 Å². The first-order valence-electron chi connectivity index (χ1n) is 5.34. The van der Waals surface area contributed by atoms with Crippen LogP contribution < -0.4 is 11.5 Å². The van der Waals surface area contributed by atoms with Crippen LogP contribution in [0.3, 0.4) is 0 Å². The molecule has 0 heterocycles. The molecule has 17 heavy (non-hydrogen) atoms. The predicted molar refractivity (Wildman–Crippen MR) is 60.3 cm³/mol. The first-order chi connectivity index (χ1) is 8.44. The van der Waals surface area contributed by atoms with E-state index >= 15 is 0 Å². The Balaban J connectivity index is 2.86. The molecule has 6 heteroatoms. The molecule has 0 aliphatic heterocycles. The maximum absolute atomic E-state index is 10.6. The minimum absolute atomic E-state index is 0.334. The average molecular weight is 239 g/mol. The van der Waals surface area contributed by atoms with E-state index in [-0.39, 0.29) is 13.2 Å². The Labute approximate surface area is 99.9 Å². The number of hydrogen-bond acceptors (Lipinski definition) is 4. The molecule has 1 rings (SSSR count). The smallest absolute Gasteiger partial charge is 0.404 e. The van der Waals surface area contributed by atoms with Gasteiger partial charge in [-0.05, 0) is 5.56 Å². The largest absolute Gasteiger partial charge is 0.449 e. The minimum atomic E-state index is -1.44. The lowest BCUT2D eigenvalue weighted by Gasteiger charge is -2.16. The van der Waals surface area contributed by atoms with Crippen LogP contribution in [0.2, 0.25) is 0 Å². The van der Waals surface area contributed by atoms with Crippen LogP contribution >= 0.6 is 0 Å². The van der Waals surface area contributed by atoms with E-state index < -0.39 is 18.1 Å². The summed E-state index contributed by atoms with van der Waals surface area (Å²) in [6.45, 7) is -0.667. The lowest BCUT2D eigenvalue weighted by Crippen LogP contribution is -2.23. The van der Waals surface area contributed by atoms with Crippen molar-refractivity contribution in [2.75, 3.05) is 13.2 Å². The van der Waals surface area contributed by atoms with Crippen molar-refractivity contribution in [1.29, 1.82) is 0 Å². The van der Waals surface area contributed by atoms with Gasteiger partial charge in [0.05, 0.1) is 5.89 Å². The van der Waals surface area contributed by atoms with Crippen molar-refractivity contribution in [2.24, 2.45) is 11.5 Å². The summed E-state index contributed by atoms with van der Waals surface area (Å²) in [5, 5.41) is 0. The fourth-order valence-corrected chi connectivity index (χ4v) is 1.20. The van der Waals surface area contributed by atoms with Gasteiger partial charge in [0.25, 0.3) is 0 Å². The van der Waals surface area contributed by atoms with Gasteiger partial charge in [0.1, 0.15) is 13.2 Å². The number of primary amides is 2. The van der Waals surface area contributed by atoms with Gasteiger partial charge in [0.2, 0.25) is 0 Å². The zero-order valence-corrected chi connectivity index (χ0v) is 9.09. The topological polar surface area (TPSA) is 105 Å². The second kappa shape index (κ2) is 6.37. The van der Waals surface area contributed by atoms with E-state index in [1.165, 1.54) is 0 Å². The van der Waals surface area contributed by atoms with Gasteiger partial charge in [-0.1, -0.05) is 30.3 Å². The van der Waals surface area contributed by atoms with Crippen molar-refractivity contribution >= 4 is 12.2 Å². The molecule has 0 spiro atoms. The third kappa shape index (κ3) is 4.87. The maximum Gasteiger partial charge on any atom is 0.404 e. The summed E-state index contributed by atoms with van der Waals surface area (Å²) in [5.74, 6) is -1.44. The zero-order valence-electron chi connectivity index (χ0n) is 10.1. The Kier molecular flexibility index (Phi) is 4.21. The Morgan fingerprint density at radius 3 is 2.00 bits per heavy atom. The molecule has 1 aromatic carbocycles. The van der Waals surface area contributed by atoms with Crippen LogP contribution in [-0.2, 0) is 9.47 Å². The fourth-order valence-electron chi connectivity index (χ4n) is 1.20. The molecule has 0 atom stereocenters. The van der Waals surface area contributed by atoms with Gasteiger partial charge in [-0.2, -0.15) is 0 Å². The highest BCUT2D eigenvalue weighted by atomic mass is 16.6. The average Bonchev–Trinajstić information content (AvgIpc) is 2.35. The predicted octanol–water partition coefficient (Wildman–Crippen LogP) is 0.961. The third-order valence-corrected chi connectivity index (χ3v) is 1.96. The van der Waals surface area contributed by atoms with Gasteiger partial charge >= 0.3 is 12.2 Å². The second-order valence-corrected chi connectivity index (χ2v) is 3.19. The Bertz CT molecular complexity index is 406. The number of rotatable bonds is 5. The second-order valence-electron chi connectivity index (χ2n) is 3.19. The van der Waals surface area contributed by atoms with E-state index in [4.69, 9.17) is 12.8 Å². The highest BCUT2D eigenvalue weighted by Gasteiger charge is 2.15. The molecule has 0 bridgehead atoms. The van der Waals surface area contributed by atoms with E-state index in [0.29, 0.717) is 5.56 Å². The van der Waals surface area contributed by atoms with Crippen LogP contribution in [0.4, 0.5) is 9.59 Å². The number of carbonyl (C=O) groups excluding carboxylic acids is 2. The molecule has 2 amide bonds. The standard InChI is InChI=1S/C11H14N2O4/c12-10(14)16-6-9(7-17-11(13)15)8-4-2-1-3-5-8/h1-5,9H,6-7H2,(H2,12,14)(H2,13,15)/i9D. The molecule has 0 aliphatic rings. The Morgan fingerprint density at radius 2 is 1.59 bits per heavy atom. The fraction of sp³-hybridized carbons (Fsp3) is 0.273. The van der Waals surface area contributed by atoms with E-state index in [1.54, 1.807) is 30.3 Å². The molecule has 6 nitrogen and oxygen atoms in total. The van der Waals surface area contributed by atoms with E-state index in [0.717, 1.165) is 0 Å². The number of carbonyl (C=O) groups is 2. The number of benzene rings is 1. The van der Waals surface area contributed by atoms with Gasteiger partial charge in [-0.15, -0.1) is 0 Å². The number of hydrogen-bond donors (Lipinski definition) is 2.